The first kappa shape index (κ1) is 27.9. The van der Waals surface area contributed by atoms with Crippen molar-refractivity contribution in [2.24, 2.45) is 0 Å². The molecule has 2 heterocycles. The fourth-order valence-electron chi connectivity index (χ4n) is 4.38. The highest BCUT2D eigenvalue weighted by Gasteiger charge is 2.26. The van der Waals surface area contributed by atoms with Crippen molar-refractivity contribution in [1.29, 1.82) is 0 Å². The highest BCUT2D eigenvalue weighted by molar-refractivity contribution is 6.11. The zero-order valence-corrected chi connectivity index (χ0v) is 22.3. The Morgan fingerprint density at radius 1 is 1.16 bits per heavy atom. The number of esters is 1. The number of carbonyl (C=O) groups is 2. The molecule has 37 heavy (non-hydrogen) atoms. The Morgan fingerprint density at radius 2 is 1.86 bits per heavy atom. The van der Waals surface area contributed by atoms with Crippen LogP contribution in [0.25, 0.3) is 11.0 Å². The standard InChI is InChI=1S/C27H36N4O6/c1-17(14-27(2,3)34)29-19-13-21-23(30-22(32)16-35-4)24(26(33)37-6)31(25(21)28-15-19)12-11-18-7-9-20(36-5)10-8-18/h7-10,13,15,17,29,34H,11-12,14,16H2,1-6H3,(H,30,32)/t17-/m1/s1. The molecule has 1 atom stereocenters. The van der Waals surface area contributed by atoms with Crippen LogP contribution in [0.2, 0.25) is 0 Å². The quantitative estimate of drug-likeness (QED) is 0.315. The monoisotopic (exact) mass is 512 g/mol. The lowest BCUT2D eigenvalue weighted by atomic mass is 10.0. The Hall–Kier alpha value is -3.63. The molecule has 0 aliphatic heterocycles. The molecule has 0 aliphatic carbocycles. The molecule has 10 heteroatoms. The van der Waals surface area contributed by atoms with E-state index in [0.29, 0.717) is 41.8 Å². The van der Waals surface area contributed by atoms with Gasteiger partial charge in [-0.15, -0.1) is 0 Å². The number of benzene rings is 1. The Labute approximate surface area is 216 Å². The third kappa shape index (κ3) is 7.21. The fourth-order valence-corrected chi connectivity index (χ4v) is 4.38. The molecular weight excluding hydrogens is 476 g/mol. The lowest BCUT2D eigenvalue weighted by Crippen LogP contribution is -2.29. The van der Waals surface area contributed by atoms with Gasteiger partial charge in [0.1, 0.15) is 18.0 Å². The largest absolute Gasteiger partial charge is 0.497 e. The maximum atomic E-state index is 13.0. The minimum absolute atomic E-state index is 0.0528. The molecule has 200 valence electrons. The number of fused-ring (bicyclic) bond motifs is 1. The Bertz CT molecular complexity index is 1230. The van der Waals surface area contributed by atoms with Crippen molar-refractivity contribution >= 4 is 34.3 Å². The summed E-state index contributed by atoms with van der Waals surface area (Å²) in [6.07, 6.45) is 2.79. The number of carbonyl (C=O) groups excluding carboxylic acids is 2. The maximum absolute atomic E-state index is 13.0. The van der Waals surface area contributed by atoms with Gasteiger partial charge in [-0.3, -0.25) is 4.79 Å². The molecule has 3 rings (SSSR count). The molecule has 1 aromatic carbocycles. The van der Waals surface area contributed by atoms with Gasteiger partial charge in [-0.2, -0.15) is 0 Å². The number of nitrogens with zero attached hydrogens (tertiary/aromatic N) is 2. The predicted molar refractivity (Wildman–Crippen MR) is 142 cm³/mol. The van der Waals surface area contributed by atoms with Crippen LogP contribution in [-0.4, -0.2) is 66.1 Å². The van der Waals surface area contributed by atoms with E-state index in [0.717, 1.165) is 11.3 Å². The molecule has 0 aliphatic rings. The van der Waals surface area contributed by atoms with Crippen molar-refractivity contribution in [2.75, 3.05) is 38.6 Å². The van der Waals surface area contributed by atoms with Gasteiger partial charge in [-0.25, -0.2) is 9.78 Å². The average Bonchev–Trinajstić information content (AvgIpc) is 3.13. The number of hydrogen-bond donors (Lipinski definition) is 3. The number of hydrogen-bond acceptors (Lipinski definition) is 8. The minimum atomic E-state index is -0.841. The molecule has 0 saturated carbocycles. The van der Waals surface area contributed by atoms with Crippen LogP contribution in [0.1, 0.15) is 43.2 Å². The predicted octanol–water partition coefficient (Wildman–Crippen LogP) is 3.62. The third-order valence-electron chi connectivity index (χ3n) is 5.82. The van der Waals surface area contributed by atoms with Crippen molar-refractivity contribution < 1.29 is 28.9 Å². The van der Waals surface area contributed by atoms with Crippen molar-refractivity contribution in [2.45, 2.75) is 51.8 Å². The number of aromatic nitrogens is 2. The van der Waals surface area contributed by atoms with E-state index in [9.17, 15) is 14.7 Å². The van der Waals surface area contributed by atoms with Crippen LogP contribution in [0, 0.1) is 0 Å². The number of amides is 1. The van der Waals surface area contributed by atoms with E-state index >= 15 is 0 Å². The first-order chi connectivity index (χ1) is 17.6. The molecular formula is C27H36N4O6. The Morgan fingerprint density at radius 3 is 2.46 bits per heavy atom. The van der Waals surface area contributed by atoms with Crippen molar-refractivity contribution in [1.82, 2.24) is 9.55 Å². The van der Waals surface area contributed by atoms with Gasteiger partial charge in [0.05, 0.1) is 37.4 Å². The topological polar surface area (TPSA) is 124 Å². The SMILES string of the molecule is COCC(=O)Nc1c(C(=O)OC)n(CCc2ccc(OC)cc2)c2ncc(N[C@H](C)CC(C)(C)O)cc12. The number of aryl methyl sites for hydroxylation is 2. The number of ether oxygens (including phenoxy) is 3. The van der Waals surface area contributed by atoms with E-state index in [1.54, 1.807) is 31.7 Å². The highest BCUT2D eigenvalue weighted by Crippen LogP contribution is 2.33. The van der Waals surface area contributed by atoms with Gasteiger partial charge >= 0.3 is 5.97 Å². The second kappa shape index (κ2) is 12.1. The summed E-state index contributed by atoms with van der Waals surface area (Å²) in [7, 11) is 4.34. The number of aliphatic hydroxyl groups is 1. The molecule has 3 N–H and O–H groups in total. The number of nitrogens with one attached hydrogen (secondary N) is 2. The van der Waals surface area contributed by atoms with E-state index in [1.165, 1.54) is 14.2 Å². The molecule has 0 saturated heterocycles. The van der Waals surface area contributed by atoms with Crippen LogP contribution in [-0.2, 0) is 27.2 Å². The molecule has 2 aromatic heterocycles. The van der Waals surface area contributed by atoms with Crippen LogP contribution in [0.15, 0.2) is 36.5 Å². The molecule has 1 amide bonds. The van der Waals surface area contributed by atoms with E-state index in [-0.39, 0.29) is 18.3 Å². The lowest BCUT2D eigenvalue weighted by molar-refractivity contribution is -0.119. The second-order valence-electron chi connectivity index (χ2n) is 9.60. The zero-order chi connectivity index (χ0) is 27.2. The van der Waals surface area contributed by atoms with Crippen LogP contribution < -0.4 is 15.4 Å². The minimum Gasteiger partial charge on any atom is -0.497 e. The first-order valence-electron chi connectivity index (χ1n) is 12.1. The normalized spacial score (nSPS) is 12.3. The van der Waals surface area contributed by atoms with Gasteiger partial charge in [0, 0.05) is 25.1 Å². The summed E-state index contributed by atoms with van der Waals surface area (Å²) in [6, 6.07) is 9.47. The number of anilines is 2. The van der Waals surface area contributed by atoms with E-state index in [1.807, 2.05) is 37.3 Å². The summed E-state index contributed by atoms with van der Waals surface area (Å²) < 4.78 is 17.1. The molecule has 0 fully saturated rings. The fraction of sp³-hybridized carbons (Fsp3) is 0.444. The third-order valence-corrected chi connectivity index (χ3v) is 5.82. The summed E-state index contributed by atoms with van der Waals surface area (Å²) in [6.45, 7) is 5.71. The van der Waals surface area contributed by atoms with Crippen molar-refractivity contribution in [3.05, 3.63) is 47.8 Å². The van der Waals surface area contributed by atoms with Gasteiger partial charge in [0.25, 0.3) is 0 Å². The van der Waals surface area contributed by atoms with Gasteiger partial charge in [-0.05, 0) is 57.4 Å². The number of methoxy groups -OCH3 is 3. The van der Waals surface area contributed by atoms with Crippen molar-refractivity contribution in [3.8, 4) is 5.75 Å². The van der Waals surface area contributed by atoms with Crippen LogP contribution in [0.3, 0.4) is 0 Å². The number of rotatable bonds is 12. The van der Waals surface area contributed by atoms with Gasteiger partial charge in [0.2, 0.25) is 5.91 Å². The molecule has 3 aromatic rings. The van der Waals surface area contributed by atoms with E-state index in [2.05, 4.69) is 15.6 Å². The molecule has 0 radical (unpaired) electrons. The summed E-state index contributed by atoms with van der Waals surface area (Å²) >= 11 is 0. The first-order valence-corrected chi connectivity index (χ1v) is 12.1. The average molecular weight is 513 g/mol. The summed E-state index contributed by atoms with van der Waals surface area (Å²) in [5.74, 6) is -0.241. The second-order valence-corrected chi connectivity index (χ2v) is 9.60. The molecule has 10 nitrogen and oxygen atoms in total. The molecule has 0 spiro atoms. The van der Waals surface area contributed by atoms with E-state index < -0.39 is 17.5 Å². The smallest absolute Gasteiger partial charge is 0.356 e. The Kier molecular flexibility index (Phi) is 9.12. The zero-order valence-electron chi connectivity index (χ0n) is 22.3. The van der Waals surface area contributed by atoms with Crippen molar-refractivity contribution in [3.63, 3.8) is 0 Å². The maximum Gasteiger partial charge on any atom is 0.356 e. The lowest BCUT2D eigenvalue weighted by Gasteiger charge is -2.23. The van der Waals surface area contributed by atoms with Crippen LogP contribution in [0.5, 0.6) is 5.75 Å². The Balaban J connectivity index is 2.06. The van der Waals surface area contributed by atoms with E-state index in [4.69, 9.17) is 14.2 Å². The highest BCUT2D eigenvalue weighted by atomic mass is 16.5. The molecule has 0 bridgehead atoms. The van der Waals surface area contributed by atoms with Gasteiger partial charge < -0.3 is 34.5 Å². The summed E-state index contributed by atoms with van der Waals surface area (Å²) in [4.78, 5) is 30.1. The van der Waals surface area contributed by atoms with Gasteiger partial charge in [0.15, 0.2) is 5.69 Å². The summed E-state index contributed by atoms with van der Waals surface area (Å²) in [5.41, 5.74) is 1.93. The van der Waals surface area contributed by atoms with Crippen LogP contribution >= 0.6 is 0 Å². The summed E-state index contributed by atoms with van der Waals surface area (Å²) in [5, 5.41) is 16.9. The molecule has 0 unspecified atom stereocenters. The van der Waals surface area contributed by atoms with Crippen LogP contribution in [0.4, 0.5) is 11.4 Å². The number of pyridine rings is 1. The van der Waals surface area contributed by atoms with Gasteiger partial charge in [-0.1, -0.05) is 12.1 Å².